The van der Waals surface area contributed by atoms with Crippen molar-refractivity contribution in [2.45, 2.75) is 38.8 Å². The number of ether oxygens (including phenoxy) is 1. The minimum atomic E-state index is -1.37. The number of fused-ring (bicyclic) bond motifs is 1. The molecule has 1 aliphatic rings. The van der Waals surface area contributed by atoms with Crippen molar-refractivity contribution in [1.82, 2.24) is 9.88 Å². The molecule has 1 aromatic heterocycles. The zero-order valence-electron chi connectivity index (χ0n) is 21.4. The lowest BCUT2D eigenvalue weighted by molar-refractivity contribution is -0.153. The van der Waals surface area contributed by atoms with E-state index in [2.05, 4.69) is 10.3 Å². The molecule has 1 saturated heterocycles. The summed E-state index contributed by atoms with van der Waals surface area (Å²) >= 11 is 0. The van der Waals surface area contributed by atoms with Crippen LogP contribution in [0, 0.1) is 29.8 Å². The summed E-state index contributed by atoms with van der Waals surface area (Å²) in [5.41, 5.74) is 0.522. The molecule has 3 aromatic rings. The highest BCUT2D eigenvalue weighted by Gasteiger charge is 2.41. The largest absolute Gasteiger partial charge is 0.497 e. The normalized spacial score (nSPS) is 16.4. The molecule has 0 unspecified atom stereocenters. The predicted molar refractivity (Wildman–Crippen MR) is 137 cm³/mol. The molecule has 0 saturated carbocycles. The first-order valence-electron chi connectivity index (χ1n) is 12.5. The molecule has 6 nitrogen and oxygen atoms in total. The summed E-state index contributed by atoms with van der Waals surface area (Å²) < 4.78 is 61.6. The number of alkyl halides is 1. The average molecular weight is 534 g/mol. The SMILES string of the molecule is COc1ccc2ncc(C)c([C@@H](F)CCC3(C(=O)O)CCN(CCNc4cc(F)cc(F)c4F)CC3)c2c1. The standard InChI is InChI=1S/C28H31F4N3O3/c1-17-16-34-23-4-3-19(38-2)15-20(23)25(17)21(30)5-6-28(27(36)37)7-10-35(11-8-28)12-9-33-24-14-18(29)13-22(31)26(24)32/h3-4,13-16,21,33H,5-12H2,1-2H3,(H,36,37)/t21-/m0/s1. The summed E-state index contributed by atoms with van der Waals surface area (Å²) in [6.45, 7) is 3.36. The molecule has 2 N–H and O–H groups in total. The molecule has 0 radical (unpaired) electrons. The predicted octanol–water partition coefficient (Wildman–Crippen LogP) is 6.04. The first-order valence-corrected chi connectivity index (χ1v) is 12.5. The van der Waals surface area contributed by atoms with E-state index in [9.17, 15) is 23.1 Å². The minimum absolute atomic E-state index is 0.0510. The van der Waals surface area contributed by atoms with Gasteiger partial charge in [-0.3, -0.25) is 9.78 Å². The van der Waals surface area contributed by atoms with Crippen LogP contribution in [0.4, 0.5) is 23.2 Å². The molecule has 2 heterocycles. The van der Waals surface area contributed by atoms with Crippen LogP contribution in [0.5, 0.6) is 5.75 Å². The number of piperidine rings is 1. The van der Waals surface area contributed by atoms with E-state index in [-0.39, 0.29) is 25.1 Å². The Hall–Kier alpha value is -3.40. The molecule has 4 rings (SSSR count). The molecular formula is C28H31F4N3O3. The topological polar surface area (TPSA) is 74.7 Å². The highest BCUT2D eigenvalue weighted by molar-refractivity contribution is 5.85. The Morgan fingerprint density at radius 3 is 2.63 bits per heavy atom. The molecule has 1 atom stereocenters. The second-order valence-electron chi connectivity index (χ2n) is 9.85. The number of carboxylic acid groups (broad SMARTS) is 1. The van der Waals surface area contributed by atoms with E-state index in [1.54, 1.807) is 31.3 Å². The molecular weight excluding hydrogens is 502 g/mol. The number of nitrogens with one attached hydrogen (secondary N) is 1. The minimum Gasteiger partial charge on any atom is -0.497 e. The van der Waals surface area contributed by atoms with Crippen LogP contribution in [0.25, 0.3) is 10.9 Å². The Labute approximate surface area is 218 Å². The van der Waals surface area contributed by atoms with Gasteiger partial charge in [0.2, 0.25) is 0 Å². The van der Waals surface area contributed by atoms with Crippen LogP contribution in [0.2, 0.25) is 0 Å². The van der Waals surface area contributed by atoms with Crippen LogP contribution in [-0.4, -0.2) is 54.2 Å². The third kappa shape index (κ3) is 5.85. The zero-order valence-corrected chi connectivity index (χ0v) is 21.4. The lowest BCUT2D eigenvalue weighted by Gasteiger charge is -2.39. The van der Waals surface area contributed by atoms with Gasteiger partial charge < -0.3 is 20.1 Å². The molecule has 0 aliphatic carbocycles. The van der Waals surface area contributed by atoms with E-state index in [0.717, 1.165) is 6.07 Å². The first-order chi connectivity index (χ1) is 18.1. The molecule has 0 bridgehead atoms. The van der Waals surface area contributed by atoms with Crippen molar-refractivity contribution in [3.63, 3.8) is 0 Å². The molecule has 204 valence electrons. The van der Waals surface area contributed by atoms with Gasteiger partial charge in [-0.05, 0) is 75.0 Å². The van der Waals surface area contributed by atoms with Crippen LogP contribution in [0.1, 0.15) is 43.0 Å². The van der Waals surface area contributed by atoms with Gasteiger partial charge in [-0.2, -0.15) is 0 Å². The van der Waals surface area contributed by atoms with Crippen LogP contribution in [-0.2, 0) is 4.79 Å². The highest BCUT2D eigenvalue weighted by Crippen LogP contribution is 2.41. The Balaban J connectivity index is 1.37. The summed E-state index contributed by atoms with van der Waals surface area (Å²) in [5, 5.41) is 13.4. The number of aliphatic carboxylic acids is 1. The summed E-state index contributed by atoms with van der Waals surface area (Å²) in [4.78, 5) is 18.7. The fourth-order valence-corrected chi connectivity index (χ4v) is 5.19. The van der Waals surface area contributed by atoms with Crippen molar-refractivity contribution in [1.29, 1.82) is 0 Å². The maximum absolute atomic E-state index is 15.7. The number of pyridine rings is 1. The Bertz CT molecular complexity index is 1310. The lowest BCUT2D eigenvalue weighted by Crippen LogP contribution is -2.45. The van der Waals surface area contributed by atoms with E-state index in [1.165, 1.54) is 7.11 Å². The summed E-state index contributed by atoms with van der Waals surface area (Å²) in [6.07, 6.45) is 1.16. The number of carboxylic acids is 1. The fraction of sp³-hybridized carbons (Fsp3) is 0.429. The van der Waals surface area contributed by atoms with Gasteiger partial charge in [-0.15, -0.1) is 0 Å². The molecule has 0 amide bonds. The quantitative estimate of drug-likeness (QED) is 0.245. The number of aromatic nitrogens is 1. The van der Waals surface area contributed by atoms with Gasteiger partial charge in [0.25, 0.3) is 0 Å². The van der Waals surface area contributed by atoms with E-state index in [1.807, 2.05) is 4.90 Å². The maximum Gasteiger partial charge on any atom is 0.309 e. The van der Waals surface area contributed by atoms with E-state index < -0.39 is 35.0 Å². The number of hydrogen-bond acceptors (Lipinski definition) is 5. The Morgan fingerprint density at radius 1 is 1.21 bits per heavy atom. The van der Waals surface area contributed by atoms with Gasteiger partial charge in [0, 0.05) is 36.8 Å². The Morgan fingerprint density at radius 2 is 1.95 bits per heavy atom. The summed E-state index contributed by atoms with van der Waals surface area (Å²) in [5.74, 6) is -3.65. The van der Waals surface area contributed by atoms with Crippen molar-refractivity contribution < 1.29 is 32.2 Å². The number of hydrogen-bond donors (Lipinski definition) is 2. The number of likely N-dealkylation sites (tertiary alicyclic amines) is 1. The smallest absolute Gasteiger partial charge is 0.309 e. The molecule has 2 aromatic carbocycles. The molecule has 1 fully saturated rings. The van der Waals surface area contributed by atoms with Gasteiger partial charge >= 0.3 is 5.97 Å². The third-order valence-electron chi connectivity index (χ3n) is 7.51. The molecule has 0 spiro atoms. The van der Waals surface area contributed by atoms with Gasteiger partial charge in [0.15, 0.2) is 11.6 Å². The second kappa shape index (κ2) is 11.6. The monoisotopic (exact) mass is 533 g/mol. The highest BCUT2D eigenvalue weighted by atomic mass is 19.2. The molecule has 1 aliphatic heterocycles. The van der Waals surface area contributed by atoms with Gasteiger partial charge in [-0.1, -0.05) is 0 Å². The number of halogens is 4. The summed E-state index contributed by atoms with van der Waals surface area (Å²) in [7, 11) is 1.54. The zero-order chi connectivity index (χ0) is 27.4. The van der Waals surface area contributed by atoms with Gasteiger partial charge in [-0.25, -0.2) is 17.6 Å². The number of aryl methyl sites for hydroxylation is 1. The number of anilines is 1. The van der Waals surface area contributed by atoms with Gasteiger partial charge in [0.05, 0.1) is 23.7 Å². The lowest BCUT2D eigenvalue weighted by atomic mass is 9.74. The van der Waals surface area contributed by atoms with Crippen molar-refractivity contribution in [2.75, 3.05) is 38.6 Å². The summed E-state index contributed by atoms with van der Waals surface area (Å²) in [6, 6.07) is 6.65. The Kier molecular flexibility index (Phi) is 8.40. The van der Waals surface area contributed by atoms with E-state index in [0.29, 0.717) is 66.3 Å². The van der Waals surface area contributed by atoms with Crippen LogP contribution >= 0.6 is 0 Å². The van der Waals surface area contributed by atoms with Crippen LogP contribution in [0.3, 0.4) is 0 Å². The third-order valence-corrected chi connectivity index (χ3v) is 7.51. The fourth-order valence-electron chi connectivity index (χ4n) is 5.19. The number of nitrogens with zero attached hydrogens (tertiary/aromatic N) is 2. The van der Waals surface area contributed by atoms with Crippen molar-refractivity contribution in [3.05, 3.63) is 65.1 Å². The van der Waals surface area contributed by atoms with E-state index in [4.69, 9.17) is 4.74 Å². The van der Waals surface area contributed by atoms with Crippen molar-refractivity contribution >= 4 is 22.6 Å². The number of rotatable bonds is 10. The molecule has 38 heavy (non-hydrogen) atoms. The maximum atomic E-state index is 15.7. The number of carbonyl (C=O) groups is 1. The van der Waals surface area contributed by atoms with E-state index >= 15 is 4.39 Å². The van der Waals surface area contributed by atoms with Crippen molar-refractivity contribution in [2.24, 2.45) is 5.41 Å². The van der Waals surface area contributed by atoms with Crippen molar-refractivity contribution in [3.8, 4) is 5.75 Å². The second-order valence-corrected chi connectivity index (χ2v) is 9.85. The number of benzene rings is 2. The molecule has 10 heteroatoms. The average Bonchev–Trinajstić information content (AvgIpc) is 2.90. The van der Waals surface area contributed by atoms with Gasteiger partial charge in [0.1, 0.15) is 17.7 Å². The van der Waals surface area contributed by atoms with Crippen LogP contribution in [0.15, 0.2) is 36.5 Å². The number of methoxy groups -OCH3 is 1. The van der Waals surface area contributed by atoms with Crippen LogP contribution < -0.4 is 10.1 Å². The first kappa shape index (κ1) is 27.6.